The number of methoxy groups -OCH3 is 1. The second-order valence-electron chi connectivity index (χ2n) is 6.20. The Hall–Kier alpha value is -1.51. The molecule has 0 unspecified atom stereocenters. The van der Waals surface area contributed by atoms with Crippen LogP contribution in [0.25, 0.3) is 0 Å². The minimum Gasteiger partial charge on any atom is -0.496 e. The number of benzene rings is 1. The van der Waals surface area contributed by atoms with E-state index < -0.39 is 0 Å². The molecular formula is C16H25NO2. The van der Waals surface area contributed by atoms with Gasteiger partial charge >= 0.3 is 0 Å². The summed E-state index contributed by atoms with van der Waals surface area (Å²) in [4.78, 5) is 11.9. The fourth-order valence-corrected chi connectivity index (χ4v) is 1.90. The van der Waals surface area contributed by atoms with Crippen LogP contribution < -0.4 is 10.1 Å². The normalized spacial score (nSPS) is 11.5. The molecule has 0 atom stereocenters. The van der Waals surface area contributed by atoms with E-state index in [4.69, 9.17) is 4.74 Å². The van der Waals surface area contributed by atoms with E-state index in [0.29, 0.717) is 12.3 Å². The molecule has 106 valence electrons. The Labute approximate surface area is 116 Å². The van der Waals surface area contributed by atoms with Crippen LogP contribution in [0.15, 0.2) is 18.2 Å². The van der Waals surface area contributed by atoms with Crippen LogP contribution in [0.5, 0.6) is 5.75 Å². The summed E-state index contributed by atoms with van der Waals surface area (Å²) in [7, 11) is 1.64. The van der Waals surface area contributed by atoms with Gasteiger partial charge in [-0.2, -0.15) is 0 Å². The zero-order chi connectivity index (χ0) is 14.6. The van der Waals surface area contributed by atoms with Crippen LogP contribution >= 0.6 is 0 Å². The van der Waals surface area contributed by atoms with Gasteiger partial charge in [0.2, 0.25) is 5.91 Å². The molecule has 1 rings (SSSR count). The van der Waals surface area contributed by atoms with Crippen molar-refractivity contribution in [1.82, 2.24) is 5.32 Å². The van der Waals surface area contributed by atoms with Crippen LogP contribution in [0, 0.1) is 0 Å². The lowest BCUT2D eigenvalue weighted by molar-refractivity contribution is -0.121. The molecule has 0 saturated carbocycles. The van der Waals surface area contributed by atoms with Gasteiger partial charge in [0.15, 0.2) is 0 Å². The van der Waals surface area contributed by atoms with Crippen molar-refractivity contribution in [3.63, 3.8) is 0 Å². The Morgan fingerprint density at radius 2 is 1.95 bits per heavy atom. The third kappa shape index (κ3) is 4.93. The minimum atomic E-state index is -0.206. The summed E-state index contributed by atoms with van der Waals surface area (Å²) in [5, 5.41) is 2.96. The topological polar surface area (TPSA) is 38.3 Å². The fraction of sp³-hybridized carbons (Fsp3) is 0.562. The molecule has 0 radical (unpaired) electrons. The molecule has 19 heavy (non-hydrogen) atoms. The van der Waals surface area contributed by atoms with Gasteiger partial charge < -0.3 is 10.1 Å². The molecule has 0 saturated heterocycles. The zero-order valence-electron chi connectivity index (χ0n) is 12.8. The van der Waals surface area contributed by atoms with Crippen molar-refractivity contribution in [2.75, 3.05) is 7.11 Å². The lowest BCUT2D eigenvalue weighted by Gasteiger charge is -2.21. The van der Waals surface area contributed by atoms with E-state index >= 15 is 0 Å². The summed E-state index contributed by atoms with van der Waals surface area (Å²) in [5.41, 5.74) is 1.94. The first kappa shape index (κ1) is 15.5. The maximum atomic E-state index is 11.9. The van der Waals surface area contributed by atoms with Gasteiger partial charge in [-0.05, 0) is 38.3 Å². The molecule has 1 amide bonds. The van der Waals surface area contributed by atoms with Crippen LogP contribution in [0.3, 0.4) is 0 Å². The minimum absolute atomic E-state index is 0.0168. The van der Waals surface area contributed by atoms with Crippen LogP contribution in [0.1, 0.15) is 51.7 Å². The maximum Gasteiger partial charge on any atom is 0.224 e. The highest BCUT2D eigenvalue weighted by molar-refractivity contribution is 5.80. The van der Waals surface area contributed by atoms with Gasteiger partial charge in [-0.25, -0.2) is 0 Å². The van der Waals surface area contributed by atoms with E-state index in [1.165, 1.54) is 5.56 Å². The number of carbonyl (C=O) groups excluding carboxylic acids is 1. The van der Waals surface area contributed by atoms with E-state index in [1.807, 2.05) is 32.9 Å². The number of hydrogen-bond acceptors (Lipinski definition) is 2. The van der Waals surface area contributed by atoms with Crippen LogP contribution in [-0.4, -0.2) is 18.6 Å². The third-order valence-corrected chi connectivity index (χ3v) is 2.84. The monoisotopic (exact) mass is 263 g/mol. The molecule has 3 nitrogen and oxygen atoms in total. The van der Waals surface area contributed by atoms with Crippen molar-refractivity contribution in [2.45, 2.75) is 52.5 Å². The highest BCUT2D eigenvalue weighted by Crippen LogP contribution is 2.25. The average Bonchev–Trinajstić information content (AvgIpc) is 2.26. The molecule has 0 heterocycles. The summed E-state index contributed by atoms with van der Waals surface area (Å²) in [6, 6.07) is 6.06. The molecule has 0 bridgehead atoms. The first-order chi connectivity index (χ1) is 8.73. The summed E-state index contributed by atoms with van der Waals surface area (Å²) in [6.45, 7) is 10.2. The van der Waals surface area contributed by atoms with Crippen molar-refractivity contribution < 1.29 is 9.53 Å². The van der Waals surface area contributed by atoms with Crippen molar-refractivity contribution >= 4 is 5.91 Å². The van der Waals surface area contributed by atoms with Gasteiger partial charge in [0.25, 0.3) is 0 Å². The second-order valence-corrected chi connectivity index (χ2v) is 6.20. The van der Waals surface area contributed by atoms with Gasteiger partial charge in [-0.3, -0.25) is 4.79 Å². The Kier molecular flexibility index (Phi) is 4.98. The van der Waals surface area contributed by atoms with E-state index in [0.717, 1.165) is 11.3 Å². The maximum absolute atomic E-state index is 11.9. The smallest absolute Gasteiger partial charge is 0.224 e. The molecule has 0 spiro atoms. The number of rotatable bonds is 4. The lowest BCUT2D eigenvalue weighted by atomic mass is 9.99. The molecule has 0 fully saturated rings. The quantitative estimate of drug-likeness (QED) is 0.905. The van der Waals surface area contributed by atoms with Crippen LogP contribution in [0.2, 0.25) is 0 Å². The summed E-state index contributed by atoms with van der Waals surface area (Å²) < 4.78 is 5.39. The van der Waals surface area contributed by atoms with Crippen LogP contribution in [0.4, 0.5) is 0 Å². The molecule has 0 aliphatic rings. The zero-order valence-corrected chi connectivity index (χ0v) is 12.8. The second kappa shape index (κ2) is 6.09. The highest BCUT2D eigenvalue weighted by Gasteiger charge is 2.16. The van der Waals surface area contributed by atoms with E-state index in [-0.39, 0.29) is 11.4 Å². The van der Waals surface area contributed by atoms with Gasteiger partial charge in [0.1, 0.15) is 5.75 Å². The first-order valence-corrected chi connectivity index (χ1v) is 6.71. The largest absolute Gasteiger partial charge is 0.496 e. The average molecular weight is 263 g/mol. The third-order valence-electron chi connectivity index (χ3n) is 2.84. The lowest BCUT2D eigenvalue weighted by Crippen LogP contribution is -2.41. The Morgan fingerprint density at radius 1 is 1.32 bits per heavy atom. The predicted molar refractivity (Wildman–Crippen MR) is 78.7 cm³/mol. The molecule has 0 aromatic heterocycles. The highest BCUT2D eigenvalue weighted by atomic mass is 16.5. The summed E-state index contributed by atoms with van der Waals surface area (Å²) in [5.74, 6) is 1.25. The Bertz CT molecular complexity index is 445. The van der Waals surface area contributed by atoms with Crippen molar-refractivity contribution in [1.29, 1.82) is 0 Å². The van der Waals surface area contributed by atoms with Gasteiger partial charge in [0.05, 0.1) is 13.5 Å². The molecule has 3 heteroatoms. The van der Waals surface area contributed by atoms with E-state index in [2.05, 4.69) is 25.2 Å². The fourth-order valence-electron chi connectivity index (χ4n) is 1.90. The number of hydrogen-bond donors (Lipinski definition) is 1. The van der Waals surface area contributed by atoms with Crippen molar-refractivity contribution in [2.24, 2.45) is 0 Å². The number of ether oxygens (including phenoxy) is 1. The molecule has 1 aromatic rings. The molecular weight excluding hydrogens is 238 g/mol. The molecule has 0 aliphatic carbocycles. The molecule has 1 N–H and O–H groups in total. The van der Waals surface area contributed by atoms with E-state index in [1.54, 1.807) is 7.11 Å². The van der Waals surface area contributed by atoms with Gasteiger partial charge in [-0.15, -0.1) is 0 Å². The predicted octanol–water partition coefficient (Wildman–Crippen LogP) is 3.28. The van der Waals surface area contributed by atoms with E-state index in [9.17, 15) is 4.79 Å². The Balaban J connectivity index is 2.86. The summed E-state index contributed by atoms with van der Waals surface area (Å²) in [6.07, 6.45) is 0.346. The molecule has 1 aromatic carbocycles. The Morgan fingerprint density at radius 3 is 2.42 bits per heavy atom. The number of carbonyl (C=O) groups is 1. The number of amides is 1. The standard InChI is InChI=1S/C16H25NO2/c1-11(2)12-7-8-13(14(9-12)19-6)10-15(18)17-16(3,4)5/h7-9,11H,10H2,1-6H3,(H,17,18). The van der Waals surface area contributed by atoms with Crippen LogP contribution in [-0.2, 0) is 11.2 Å². The first-order valence-electron chi connectivity index (χ1n) is 6.71. The van der Waals surface area contributed by atoms with Gasteiger partial charge in [0, 0.05) is 11.1 Å². The molecule has 0 aliphatic heterocycles. The van der Waals surface area contributed by atoms with Gasteiger partial charge in [-0.1, -0.05) is 26.0 Å². The van der Waals surface area contributed by atoms with Crippen molar-refractivity contribution in [3.05, 3.63) is 29.3 Å². The SMILES string of the molecule is COc1cc(C(C)C)ccc1CC(=O)NC(C)(C)C. The number of nitrogens with one attached hydrogen (secondary N) is 1. The van der Waals surface area contributed by atoms with Crippen molar-refractivity contribution in [3.8, 4) is 5.75 Å². The summed E-state index contributed by atoms with van der Waals surface area (Å²) >= 11 is 0.